The fraction of sp³-hybridized carbons (Fsp3) is 1.00. The summed E-state index contributed by atoms with van der Waals surface area (Å²) in [5.74, 6) is 0. The van der Waals surface area contributed by atoms with Crippen molar-refractivity contribution in [3.8, 4) is 0 Å². The molecule has 0 saturated heterocycles. The van der Waals surface area contributed by atoms with Crippen molar-refractivity contribution in [3.05, 3.63) is 0 Å². The van der Waals surface area contributed by atoms with Gasteiger partial charge in [-0.25, -0.2) is 13.4 Å². The van der Waals surface area contributed by atoms with Crippen LogP contribution in [0.3, 0.4) is 0 Å². The Balaban J connectivity index is 3.75. The van der Waals surface area contributed by atoms with Gasteiger partial charge in [-0.2, -0.15) is 0 Å². The topological polar surface area (TPSA) is 51.5 Å². The van der Waals surface area contributed by atoms with Crippen LogP contribution < -0.4 is 4.83 Å². The van der Waals surface area contributed by atoms with Gasteiger partial charge in [-0.1, -0.05) is 0 Å². The number of hydrogen-bond donors (Lipinski definition) is 0. The second kappa shape index (κ2) is 2.43. The first-order chi connectivity index (χ1) is 3.42. The lowest BCUT2D eigenvalue weighted by molar-refractivity contribution is 0.357. The zero-order chi connectivity index (χ0) is 6.78. The van der Waals surface area contributed by atoms with Crippen LogP contribution in [-0.4, -0.2) is 33.8 Å². The van der Waals surface area contributed by atoms with Crippen LogP contribution in [0.2, 0.25) is 0 Å². The number of rotatable bonds is 2. The van der Waals surface area contributed by atoms with E-state index in [2.05, 4.69) is 4.83 Å². The lowest BCUT2D eigenvalue weighted by Gasteiger charge is -2.03. The van der Waals surface area contributed by atoms with Gasteiger partial charge < -0.3 is 0 Å². The summed E-state index contributed by atoms with van der Waals surface area (Å²) in [6.07, 6.45) is 1.05. The first kappa shape index (κ1) is 7.87. The Morgan fingerprint density at radius 1 is 1.38 bits per heavy atom. The molecule has 0 spiro atoms. The average Bonchev–Trinajstić information content (AvgIpc) is 1.21. The lowest BCUT2D eigenvalue weighted by Crippen LogP contribution is -2.27. The van der Waals surface area contributed by atoms with Gasteiger partial charge in [-0.15, -0.1) is 0 Å². The van der Waals surface area contributed by atoms with Crippen molar-refractivity contribution in [1.82, 2.24) is 9.84 Å². The van der Waals surface area contributed by atoms with Crippen LogP contribution in [0.25, 0.3) is 0 Å². The molecule has 0 N–H and O–H groups in total. The molecular weight excluding hydrogens is 128 g/mol. The molecule has 0 aliphatic carbocycles. The van der Waals surface area contributed by atoms with Gasteiger partial charge in [0.05, 0.1) is 6.26 Å². The van der Waals surface area contributed by atoms with Crippen molar-refractivity contribution in [3.63, 3.8) is 0 Å². The molecule has 0 aliphatic heterocycles. The average molecular weight is 137 g/mol. The van der Waals surface area contributed by atoms with Crippen molar-refractivity contribution >= 4 is 10.0 Å². The SMILES string of the molecule is CN(C)[N]S(C)(=O)=O. The standard InChI is InChI=1S/C3H9N2O2S/c1-5(2)4-8(3,6)7/h1-3H3. The van der Waals surface area contributed by atoms with Gasteiger partial charge in [0.25, 0.3) is 0 Å². The van der Waals surface area contributed by atoms with Crippen molar-refractivity contribution < 1.29 is 8.42 Å². The molecule has 0 saturated carbocycles. The van der Waals surface area contributed by atoms with E-state index in [1.807, 2.05) is 0 Å². The molecule has 0 aromatic carbocycles. The highest BCUT2D eigenvalue weighted by atomic mass is 32.2. The maximum Gasteiger partial charge on any atom is 0.239 e. The normalized spacial score (nSPS) is 12.5. The molecule has 0 rings (SSSR count). The predicted octanol–water partition coefficient (Wildman–Crippen LogP) is -0.973. The summed E-state index contributed by atoms with van der Waals surface area (Å²) in [6, 6.07) is 0. The summed E-state index contributed by atoms with van der Waals surface area (Å²) in [6.45, 7) is 0. The molecule has 49 valence electrons. The van der Waals surface area contributed by atoms with E-state index < -0.39 is 10.0 Å². The first-order valence-electron chi connectivity index (χ1n) is 2.02. The predicted molar refractivity (Wildman–Crippen MR) is 30.7 cm³/mol. The third-order valence-corrected chi connectivity index (χ3v) is 0.935. The molecule has 0 atom stereocenters. The minimum absolute atomic E-state index is 1.05. The van der Waals surface area contributed by atoms with Crippen molar-refractivity contribution in [2.24, 2.45) is 0 Å². The van der Waals surface area contributed by atoms with Crippen LogP contribution in [-0.2, 0) is 10.0 Å². The number of nitrogens with zero attached hydrogens (tertiary/aromatic N) is 2. The Morgan fingerprint density at radius 2 is 1.75 bits per heavy atom. The van der Waals surface area contributed by atoms with Gasteiger partial charge >= 0.3 is 0 Å². The zero-order valence-corrected chi connectivity index (χ0v) is 5.94. The van der Waals surface area contributed by atoms with E-state index in [4.69, 9.17) is 0 Å². The highest BCUT2D eigenvalue weighted by molar-refractivity contribution is 7.88. The third kappa shape index (κ3) is 5.87. The minimum Gasteiger partial charge on any atom is -0.218 e. The molecule has 0 aromatic rings. The molecule has 5 heteroatoms. The Kier molecular flexibility index (Phi) is 2.39. The monoisotopic (exact) mass is 137 g/mol. The molecule has 8 heavy (non-hydrogen) atoms. The number of sulfonamides is 1. The first-order valence-corrected chi connectivity index (χ1v) is 3.87. The smallest absolute Gasteiger partial charge is 0.218 e. The van der Waals surface area contributed by atoms with Gasteiger partial charge in [0, 0.05) is 14.1 Å². The quantitative estimate of drug-likeness (QED) is 0.460. The van der Waals surface area contributed by atoms with E-state index >= 15 is 0 Å². The largest absolute Gasteiger partial charge is 0.239 e. The second-order valence-electron chi connectivity index (χ2n) is 1.66. The van der Waals surface area contributed by atoms with Gasteiger partial charge in [0.2, 0.25) is 10.0 Å². The maximum atomic E-state index is 10.2. The van der Waals surface area contributed by atoms with Crippen LogP contribution in [0.1, 0.15) is 0 Å². The van der Waals surface area contributed by atoms with E-state index in [1.165, 1.54) is 5.01 Å². The molecule has 0 fully saturated rings. The Bertz CT molecular complexity index is 149. The molecule has 0 amide bonds. The van der Waals surface area contributed by atoms with Crippen LogP contribution in [0.4, 0.5) is 0 Å². The van der Waals surface area contributed by atoms with Crippen molar-refractivity contribution in [2.75, 3.05) is 20.4 Å². The van der Waals surface area contributed by atoms with E-state index in [9.17, 15) is 8.42 Å². The van der Waals surface area contributed by atoms with Gasteiger partial charge in [0.1, 0.15) is 0 Å². The van der Waals surface area contributed by atoms with Crippen molar-refractivity contribution in [2.45, 2.75) is 0 Å². The summed E-state index contributed by atoms with van der Waals surface area (Å²) in [4.78, 5) is 3.22. The fourth-order valence-corrected chi connectivity index (χ4v) is 0.890. The highest BCUT2D eigenvalue weighted by Gasteiger charge is 2.01. The van der Waals surface area contributed by atoms with E-state index in [0.29, 0.717) is 0 Å². The molecule has 1 radical (unpaired) electrons. The summed E-state index contributed by atoms with van der Waals surface area (Å²) in [7, 11) is -0.0593. The highest BCUT2D eigenvalue weighted by Crippen LogP contribution is 1.76. The van der Waals surface area contributed by atoms with Crippen LogP contribution in [0.5, 0.6) is 0 Å². The third-order valence-electron chi connectivity index (χ3n) is 0.312. The second-order valence-corrected chi connectivity index (χ2v) is 3.29. The molecule has 0 aliphatic rings. The van der Waals surface area contributed by atoms with E-state index in [1.54, 1.807) is 14.1 Å². The lowest BCUT2D eigenvalue weighted by atomic mass is 11.2. The van der Waals surface area contributed by atoms with Gasteiger partial charge in [-0.3, -0.25) is 0 Å². The molecule has 0 heterocycles. The van der Waals surface area contributed by atoms with Crippen LogP contribution in [0.15, 0.2) is 0 Å². The Morgan fingerprint density at radius 3 is 1.75 bits per heavy atom. The Hall–Kier alpha value is -0.130. The number of hydrogen-bond acceptors (Lipinski definition) is 3. The molecular formula is C3H9N2O2S. The van der Waals surface area contributed by atoms with E-state index in [0.717, 1.165) is 6.26 Å². The summed E-state index contributed by atoms with van der Waals surface area (Å²) in [5, 5.41) is 1.25. The summed E-state index contributed by atoms with van der Waals surface area (Å²) in [5.41, 5.74) is 0. The fourth-order valence-electron chi connectivity index (χ4n) is 0.297. The van der Waals surface area contributed by atoms with Crippen LogP contribution in [0, 0.1) is 0 Å². The molecule has 0 aromatic heterocycles. The molecule has 0 unspecified atom stereocenters. The van der Waals surface area contributed by atoms with Crippen LogP contribution >= 0.6 is 0 Å². The van der Waals surface area contributed by atoms with Gasteiger partial charge in [-0.05, 0) is 4.83 Å². The minimum atomic E-state index is -3.17. The van der Waals surface area contributed by atoms with E-state index in [-0.39, 0.29) is 0 Å². The summed E-state index contributed by atoms with van der Waals surface area (Å²) >= 11 is 0. The maximum absolute atomic E-state index is 10.2. The zero-order valence-electron chi connectivity index (χ0n) is 5.12. The summed E-state index contributed by atoms with van der Waals surface area (Å²) < 4.78 is 20.5. The van der Waals surface area contributed by atoms with Gasteiger partial charge in [0.15, 0.2) is 0 Å². The molecule has 4 nitrogen and oxygen atoms in total. The molecule has 0 bridgehead atoms. The Labute approximate surface area is 49.5 Å². The van der Waals surface area contributed by atoms with Crippen molar-refractivity contribution in [1.29, 1.82) is 0 Å².